The Labute approximate surface area is 625 Å². The number of alkyl carbamates (subject to hydrolysis) is 2. The number of carbonyl (C=O) groups excluding carboxylic acids is 6. The topological polar surface area (TPSA) is 326 Å². The first-order valence-corrected chi connectivity index (χ1v) is 35.0. The molecular formula is C72H124Cl5N7O16. The lowest BCUT2D eigenvalue weighted by molar-refractivity contribution is -0.139. The van der Waals surface area contributed by atoms with Gasteiger partial charge in [0.15, 0.2) is 5.78 Å². The van der Waals surface area contributed by atoms with E-state index in [1.54, 1.807) is 62.3 Å². The summed E-state index contributed by atoms with van der Waals surface area (Å²) in [6.07, 6.45) is 7.39. The van der Waals surface area contributed by atoms with Crippen molar-refractivity contribution >= 4 is 101 Å². The van der Waals surface area contributed by atoms with Gasteiger partial charge in [-0.05, 0) is 129 Å². The van der Waals surface area contributed by atoms with Crippen molar-refractivity contribution in [1.29, 1.82) is 0 Å². The zero-order valence-electron chi connectivity index (χ0n) is 61.1. The summed E-state index contributed by atoms with van der Waals surface area (Å²) in [6.45, 7) is 31.9. The second-order valence-corrected chi connectivity index (χ2v) is 25.6. The number of benzene rings is 3. The zero-order chi connectivity index (χ0) is 73.6. The Morgan fingerprint density at radius 1 is 0.540 bits per heavy atom. The van der Waals surface area contributed by atoms with Crippen LogP contribution in [0.5, 0.6) is 11.5 Å². The number of nitrogens with one attached hydrogen (secondary N) is 5. The number of amides is 5. The van der Waals surface area contributed by atoms with E-state index in [0.717, 1.165) is 35.5 Å². The van der Waals surface area contributed by atoms with Gasteiger partial charge in [0.2, 0.25) is 17.7 Å². The molecule has 0 aliphatic carbocycles. The normalized spacial score (nSPS) is 12.0. The number of unbranched alkanes of at least 4 members (excludes halogenated alkanes) is 6. The maximum atomic E-state index is 13.1. The molecule has 5 atom stereocenters. The molecule has 0 saturated carbocycles. The third-order valence-electron chi connectivity index (χ3n) is 13.3. The van der Waals surface area contributed by atoms with Crippen LogP contribution in [-0.4, -0.2) is 186 Å². The summed E-state index contributed by atoms with van der Waals surface area (Å²) in [5, 5.41) is 21.2. The molecule has 3 aromatic rings. The number of carboxylic acid groups (broad SMARTS) is 1. The smallest absolute Gasteiger partial charge is 0.408 e. The van der Waals surface area contributed by atoms with Crippen LogP contribution in [0.1, 0.15) is 180 Å². The minimum Gasteiger partial charge on any atom is -0.493 e. The molecule has 3 aromatic carbocycles. The number of Topliss-reactive ketones (excluding diaryl/α,β-unsaturated/α-hetero) is 1. The number of alkyl halides is 3. The molecule has 5 unspecified atom stereocenters. The molecule has 0 saturated heterocycles. The van der Waals surface area contributed by atoms with Crippen molar-refractivity contribution in [1.82, 2.24) is 26.6 Å². The Balaban J connectivity index is -0.000000456. The van der Waals surface area contributed by atoms with Crippen LogP contribution in [0.3, 0.4) is 0 Å². The fraction of sp³-hybridized carbons (Fsp3) is 0.653. The van der Waals surface area contributed by atoms with Crippen LogP contribution in [0.4, 0.5) is 9.59 Å². The van der Waals surface area contributed by atoms with E-state index < -0.39 is 53.4 Å². The summed E-state index contributed by atoms with van der Waals surface area (Å²) in [7, 11) is 0. The number of nitrogens with two attached hydrogens (primary N) is 2. The van der Waals surface area contributed by atoms with Gasteiger partial charge >= 0.3 is 18.2 Å². The number of hydrogen-bond donors (Lipinski definition) is 8. The Morgan fingerprint density at radius 2 is 0.990 bits per heavy atom. The van der Waals surface area contributed by atoms with Gasteiger partial charge < -0.3 is 81.1 Å². The summed E-state index contributed by atoms with van der Waals surface area (Å²) in [6, 6.07) is 20.3. The second-order valence-electron chi connectivity index (χ2n) is 24.5. The maximum Gasteiger partial charge on any atom is 0.408 e. The molecule has 0 heterocycles. The molecule has 0 aliphatic heterocycles. The molecule has 0 spiro atoms. The zero-order valence-corrected chi connectivity index (χ0v) is 65.0. The van der Waals surface area contributed by atoms with Gasteiger partial charge in [0.25, 0.3) is 0 Å². The highest BCUT2D eigenvalue weighted by molar-refractivity contribution is 6.18. The van der Waals surface area contributed by atoms with Crippen LogP contribution in [0.2, 0.25) is 0 Å². The fourth-order valence-corrected chi connectivity index (χ4v) is 8.18. The van der Waals surface area contributed by atoms with Crippen molar-refractivity contribution in [3.05, 3.63) is 94.5 Å². The van der Waals surface area contributed by atoms with Crippen molar-refractivity contribution in [3.8, 4) is 11.5 Å². The van der Waals surface area contributed by atoms with E-state index in [1.807, 2.05) is 44.2 Å². The Bertz CT molecular complexity index is 2600. The van der Waals surface area contributed by atoms with Crippen molar-refractivity contribution in [3.63, 3.8) is 0 Å². The standard InChI is InChI=1S/C40H55NO5.C12H23ClN2O4.C8H15NO4.C7H15ClN2O2.C4H10ClNO.CH4.2ClH/c1-6-7-8-9-10-11-15-23-46-39-29-36(27-30(2)32(39)4)38(42)28-31(3)40(43)41-22-24-44-25-26-45-37-20-18-35(19-21-37)33(5)34-16-13-12-14-17-34;1-9(15-11(17)19-12(2,3)4)10(16)14-6-8-18-7-5-13;1-5(6(10)11)9-7(12)13-8(2,3)4;1-6(9)7(11)10-3-5-12-4-2-8;5-1-3-7-4-2-6;;;/h12-14,16-21,27,29,31,33H,6-11,15,22-26,28H2,1-5H3,(H,41,43);9H,5-8H2,1-4H3,(H,14,16)(H,15,17);5H,1-4H3,(H,9,12)(H,10,11);6H,2-5,9H2,1H3,(H,10,11);1-4,6H2;1H4;2*1H. The summed E-state index contributed by atoms with van der Waals surface area (Å²) in [5.74, 6) is 1.14. The molecule has 0 aliphatic rings. The number of rotatable bonds is 41. The summed E-state index contributed by atoms with van der Waals surface area (Å²) in [4.78, 5) is 81.0. The number of aryl methyl sites for hydroxylation is 1. The van der Waals surface area contributed by atoms with E-state index >= 15 is 0 Å². The van der Waals surface area contributed by atoms with Gasteiger partial charge in [-0.25, -0.2) is 9.59 Å². The van der Waals surface area contributed by atoms with E-state index in [2.05, 4.69) is 76.8 Å². The molecule has 3 rings (SSSR count). The van der Waals surface area contributed by atoms with Crippen LogP contribution in [0.15, 0.2) is 66.7 Å². The molecule has 578 valence electrons. The monoisotopic (exact) mass is 1520 g/mol. The van der Waals surface area contributed by atoms with E-state index in [4.69, 9.17) is 89.3 Å². The lowest BCUT2D eigenvalue weighted by Crippen LogP contribution is -2.47. The average Bonchev–Trinajstić information content (AvgIpc) is 0.841. The number of ether oxygens (including phenoxy) is 8. The molecule has 23 nitrogen and oxygen atoms in total. The number of halogens is 5. The van der Waals surface area contributed by atoms with E-state index in [9.17, 15) is 33.6 Å². The minimum absolute atomic E-state index is 0. The van der Waals surface area contributed by atoms with E-state index in [1.165, 1.54) is 50.2 Å². The van der Waals surface area contributed by atoms with E-state index in [0.29, 0.717) is 121 Å². The maximum absolute atomic E-state index is 13.1. The summed E-state index contributed by atoms with van der Waals surface area (Å²) >= 11 is 16.1. The highest BCUT2D eigenvalue weighted by Gasteiger charge is 2.23. The first kappa shape index (κ1) is 103. The number of carboxylic acids is 1. The molecule has 100 heavy (non-hydrogen) atoms. The van der Waals surface area contributed by atoms with Crippen LogP contribution in [0.25, 0.3) is 0 Å². The SMILES string of the molecule is C.CC(N)C(=O)NCCOCCCl.CC(NC(=O)OC(C)(C)C)C(=O)NCCOCCCl.CC(NC(=O)OC(C)(C)C)C(=O)O.CCCCCCCCCOc1cc(C(=O)CC(C)C(=O)NCCOCCOc2ccc(C(C)c3ccccc3)cc2)cc(C)c1C.Cl.Cl.NCCOCCCl. The second kappa shape index (κ2) is 63.3. The first-order chi connectivity index (χ1) is 45.9. The summed E-state index contributed by atoms with van der Waals surface area (Å²) in [5.41, 5.74) is 14.4. The molecule has 0 aromatic heterocycles. The molecule has 0 fully saturated rings. The Hall–Kier alpha value is -5.44. The molecule has 28 heteroatoms. The van der Waals surface area contributed by atoms with Gasteiger partial charge in [0.05, 0.1) is 65.5 Å². The van der Waals surface area contributed by atoms with Crippen LogP contribution >= 0.6 is 59.6 Å². The summed E-state index contributed by atoms with van der Waals surface area (Å²) < 4.78 is 42.4. The number of carbonyl (C=O) groups is 7. The molecule has 0 radical (unpaired) electrons. The van der Waals surface area contributed by atoms with Crippen LogP contribution in [-0.2, 0) is 47.6 Å². The molecule has 0 bridgehead atoms. The van der Waals surface area contributed by atoms with Crippen molar-refractivity contribution < 1.29 is 76.6 Å². The predicted octanol–water partition coefficient (Wildman–Crippen LogP) is 12.6. The minimum atomic E-state index is -1.09. The van der Waals surface area contributed by atoms with Gasteiger partial charge in [-0.15, -0.1) is 59.6 Å². The van der Waals surface area contributed by atoms with Gasteiger partial charge in [-0.1, -0.05) is 109 Å². The number of hydrogen-bond acceptors (Lipinski definition) is 17. The van der Waals surface area contributed by atoms with Gasteiger partial charge in [-0.3, -0.25) is 24.0 Å². The van der Waals surface area contributed by atoms with Crippen molar-refractivity contribution in [2.75, 3.05) is 110 Å². The lowest BCUT2D eigenvalue weighted by Gasteiger charge is -2.21. The first-order valence-electron chi connectivity index (χ1n) is 33.4. The predicted molar refractivity (Wildman–Crippen MR) is 407 cm³/mol. The molecule has 10 N–H and O–H groups in total. The fourth-order valence-electron chi connectivity index (χ4n) is 7.85. The lowest BCUT2D eigenvalue weighted by atomic mass is 9.93. The third-order valence-corrected chi connectivity index (χ3v) is 13.7. The van der Waals surface area contributed by atoms with Gasteiger partial charge in [0, 0.05) is 67.6 Å². The van der Waals surface area contributed by atoms with Crippen molar-refractivity contribution in [2.45, 2.75) is 191 Å². The van der Waals surface area contributed by atoms with E-state index in [-0.39, 0.29) is 62.2 Å². The third kappa shape index (κ3) is 57.1. The molecular weight excluding hydrogens is 1400 g/mol. The van der Waals surface area contributed by atoms with Crippen molar-refractivity contribution in [2.24, 2.45) is 17.4 Å². The number of ketones is 1. The number of aliphatic carboxylic acids is 1. The quantitative estimate of drug-likeness (QED) is 0.0149. The van der Waals surface area contributed by atoms with Gasteiger partial charge in [-0.2, -0.15) is 0 Å². The van der Waals surface area contributed by atoms with Gasteiger partial charge in [0.1, 0.15) is 41.4 Å². The molecule has 5 amide bonds. The average molecular weight is 1520 g/mol. The highest BCUT2D eigenvalue weighted by Crippen LogP contribution is 2.27. The largest absolute Gasteiger partial charge is 0.493 e. The Morgan fingerprint density at radius 3 is 1.46 bits per heavy atom. The highest BCUT2D eigenvalue weighted by atomic mass is 35.5. The van der Waals surface area contributed by atoms with Crippen LogP contribution in [0, 0.1) is 19.8 Å². The Kier molecular flexibility index (Phi) is 65.3. The van der Waals surface area contributed by atoms with Crippen LogP contribution < -0.4 is 47.5 Å².